The predicted molar refractivity (Wildman–Crippen MR) is 78.1 cm³/mol. The lowest BCUT2D eigenvalue weighted by Gasteiger charge is -2.10. The molecule has 0 fully saturated rings. The van der Waals surface area contributed by atoms with E-state index < -0.39 is 0 Å². The molecule has 5 heteroatoms. The van der Waals surface area contributed by atoms with Crippen LogP contribution in [-0.4, -0.2) is 17.0 Å². The van der Waals surface area contributed by atoms with E-state index in [-0.39, 0.29) is 11.7 Å². The summed E-state index contributed by atoms with van der Waals surface area (Å²) < 4.78 is 0. The Bertz CT molecular complexity index is 648. The lowest BCUT2D eigenvalue weighted by atomic mass is 10.1. The van der Waals surface area contributed by atoms with Crippen molar-refractivity contribution in [1.29, 1.82) is 0 Å². The minimum absolute atomic E-state index is 0.0511. The monoisotopic (exact) mass is 269 g/mol. The van der Waals surface area contributed by atoms with Crippen molar-refractivity contribution in [2.24, 2.45) is 10.9 Å². The Hall–Kier alpha value is -2.82. The van der Waals surface area contributed by atoms with Crippen molar-refractivity contribution in [2.45, 2.75) is 6.92 Å². The number of amidine groups is 1. The maximum absolute atomic E-state index is 12.1. The quantitative estimate of drug-likeness (QED) is 0.346. The molecule has 5 nitrogen and oxygen atoms in total. The molecule has 20 heavy (non-hydrogen) atoms. The second kappa shape index (κ2) is 5.88. The number of rotatable bonds is 3. The van der Waals surface area contributed by atoms with Crippen LogP contribution < -0.4 is 11.1 Å². The highest BCUT2D eigenvalue weighted by atomic mass is 16.4. The van der Waals surface area contributed by atoms with Gasteiger partial charge in [0.15, 0.2) is 5.84 Å². The van der Waals surface area contributed by atoms with E-state index in [0.29, 0.717) is 16.8 Å². The number of nitrogens with zero attached hydrogens (tertiary/aromatic N) is 1. The normalized spacial score (nSPS) is 11.2. The predicted octanol–water partition coefficient (Wildman–Crippen LogP) is 2.34. The van der Waals surface area contributed by atoms with Crippen LogP contribution in [0.5, 0.6) is 0 Å². The van der Waals surface area contributed by atoms with E-state index in [0.717, 1.165) is 5.56 Å². The summed E-state index contributed by atoms with van der Waals surface area (Å²) in [4.78, 5) is 12.1. The first-order chi connectivity index (χ1) is 9.61. The minimum atomic E-state index is -0.247. The number of oxime groups is 1. The van der Waals surface area contributed by atoms with Crippen LogP contribution in [0.1, 0.15) is 21.5 Å². The average molecular weight is 269 g/mol. The smallest absolute Gasteiger partial charge is 0.255 e. The van der Waals surface area contributed by atoms with Crippen molar-refractivity contribution in [2.75, 3.05) is 5.32 Å². The zero-order valence-corrected chi connectivity index (χ0v) is 11.0. The van der Waals surface area contributed by atoms with Gasteiger partial charge in [-0.1, -0.05) is 35.0 Å². The lowest BCUT2D eigenvalue weighted by Crippen LogP contribution is -2.19. The maximum atomic E-state index is 12.1. The third kappa shape index (κ3) is 2.95. The fraction of sp³-hybridized carbons (Fsp3) is 0.0667. The number of para-hydroxylation sites is 1. The van der Waals surface area contributed by atoms with Crippen molar-refractivity contribution in [3.63, 3.8) is 0 Å². The van der Waals surface area contributed by atoms with Crippen LogP contribution in [0.4, 0.5) is 5.69 Å². The molecule has 0 atom stereocenters. The molecule has 2 rings (SSSR count). The number of benzene rings is 2. The van der Waals surface area contributed by atoms with Crippen molar-refractivity contribution in [1.82, 2.24) is 0 Å². The number of aryl methyl sites for hydroxylation is 1. The van der Waals surface area contributed by atoms with E-state index in [1.807, 2.05) is 19.1 Å². The van der Waals surface area contributed by atoms with Gasteiger partial charge < -0.3 is 16.3 Å². The van der Waals surface area contributed by atoms with E-state index in [2.05, 4.69) is 10.5 Å². The zero-order valence-electron chi connectivity index (χ0n) is 11.0. The number of hydrogen-bond donors (Lipinski definition) is 3. The summed E-state index contributed by atoms with van der Waals surface area (Å²) in [6.45, 7) is 1.95. The Morgan fingerprint density at radius 3 is 2.45 bits per heavy atom. The molecule has 0 bridgehead atoms. The lowest BCUT2D eigenvalue weighted by molar-refractivity contribution is 0.102. The van der Waals surface area contributed by atoms with Gasteiger partial charge in [-0.3, -0.25) is 4.79 Å². The number of nitrogens with one attached hydrogen (secondary N) is 1. The summed E-state index contributed by atoms with van der Waals surface area (Å²) in [7, 11) is 0. The number of carbonyl (C=O) groups is 1. The molecular weight excluding hydrogens is 254 g/mol. The van der Waals surface area contributed by atoms with E-state index in [4.69, 9.17) is 10.9 Å². The topological polar surface area (TPSA) is 87.7 Å². The molecule has 0 aromatic heterocycles. The fourth-order valence-electron chi connectivity index (χ4n) is 1.77. The molecule has 0 spiro atoms. The minimum Gasteiger partial charge on any atom is -0.409 e. The van der Waals surface area contributed by atoms with Crippen LogP contribution in [0.15, 0.2) is 53.7 Å². The molecule has 102 valence electrons. The average Bonchev–Trinajstić information content (AvgIpc) is 2.47. The SMILES string of the molecule is Cc1ccc(C(=O)Nc2ccccc2/C(N)=N/O)cc1. The summed E-state index contributed by atoms with van der Waals surface area (Å²) in [6.07, 6.45) is 0. The highest BCUT2D eigenvalue weighted by Gasteiger charge is 2.10. The number of nitrogens with two attached hydrogens (primary N) is 1. The van der Waals surface area contributed by atoms with Gasteiger partial charge in [-0.05, 0) is 31.2 Å². The molecule has 0 aliphatic rings. The van der Waals surface area contributed by atoms with Gasteiger partial charge in [0.05, 0.1) is 5.69 Å². The van der Waals surface area contributed by atoms with Crippen molar-refractivity contribution >= 4 is 17.4 Å². The molecule has 4 N–H and O–H groups in total. The van der Waals surface area contributed by atoms with E-state index in [1.54, 1.807) is 36.4 Å². The molecule has 2 aromatic rings. The van der Waals surface area contributed by atoms with Gasteiger partial charge in [0.25, 0.3) is 5.91 Å². The molecule has 0 saturated heterocycles. The van der Waals surface area contributed by atoms with Crippen LogP contribution in [0.2, 0.25) is 0 Å². The Balaban J connectivity index is 2.26. The molecule has 0 aliphatic carbocycles. The largest absolute Gasteiger partial charge is 0.409 e. The summed E-state index contributed by atoms with van der Waals surface area (Å²) in [5, 5.41) is 14.4. The van der Waals surface area contributed by atoms with E-state index in [1.165, 1.54) is 0 Å². The van der Waals surface area contributed by atoms with Gasteiger partial charge in [-0.25, -0.2) is 0 Å². The Labute approximate surface area is 116 Å². The third-order valence-corrected chi connectivity index (χ3v) is 2.87. The number of hydrogen-bond acceptors (Lipinski definition) is 3. The Kier molecular flexibility index (Phi) is 4.00. The van der Waals surface area contributed by atoms with Crippen LogP contribution in [0.25, 0.3) is 0 Å². The molecular formula is C15H15N3O2. The van der Waals surface area contributed by atoms with E-state index in [9.17, 15) is 4.79 Å². The van der Waals surface area contributed by atoms with Crippen molar-refractivity contribution < 1.29 is 10.0 Å². The standard InChI is InChI=1S/C15H15N3O2/c1-10-6-8-11(9-7-10)15(19)17-13-5-3-2-4-12(13)14(16)18-20/h2-9,20H,1H3,(H2,16,18)(H,17,19). The summed E-state index contributed by atoms with van der Waals surface area (Å²) in [5.74, 6) is -0.298. The first-order valence-electron chi connectivity index (χ1n) is 6.07. The highest BCUT2D eigenvalue weighted by Crippen LogP contribution is 2.16. The molecule has 0 unspecified atom stereocenters. The molecule has 0 aliphatic heterocycles. The van der Waals surface area contributed by atoms with Crippen LogP contribution in [-0.2, 0) is 0 Å². The third-order valence-electron chi connectivity index (χ3n) is 2.87. The summed E-state index contributed by atoms with van der Waals surface area (Å²) in [6, 6.07) is 14.1. The number of amides is 1. The van der Waals surface area contributed by atoms with Gasteiger partial charge >= 0.3 is 0 Å². The number of anilines is 1. The Morgan fingerprint density at radius 2 is 1.80 bits per heavy atom. The van der Waals surface area contributed by atoms with Crippen LogP contribution in [0, 0.1) is 6.92 Å². The molecule has 0 radical (unpaired) electrons. The first kappa shape index (κ1) is 13.6. The molecule has 0 heterocycles. The second-order valence-electron chi connectivity index (χ2n) is 4.35. The van der Waals surface area contributed by atoms with Gasteiger partial charge in [0.2, 0.25) is 0 Å². The molecule has 0 saturated carbocycles. The van der Waals surface area contributed by atoms with E-state index >= 15 is 0 Å². The summed E-state index contributed by atoms with van der Waals surface area (Å²) >= 11 is 0. The van der Waals surface area contributed by atoms with Gasteiger partial charge in [-0.15, -0.1) is 0 Å². The molecule has 2 aromatic carbocycles. The van der Waals surface area contributed by atoms with Crippen LogP contribution in [0.3, 0.4) is 0 Å². The van der Waals surface area contributed by atoms with Gasteiger partial charge in [-0.2, -0.15) is 0 Å². The van der Waals surface area contributed by atoms with Crippen LogP contribution >= 0.6 is 0 Å². The maximum Gasteiger partial charge on any atom is 0.255 e. The Morgan fingerprint density at radius 1 is 1.15 bits per heavy atom. The van der Waals surface area contributed by atoms with Crippen molar-refractivity contribution in [3.05, 3.63) is 65.2 Å². The zero-order chi connectivity index (χ0) is 14.5. The molecule has 1 amide bonds. The number of carbonyl (C=O) groups excluding carboxylic acids is 1. The highest BCUT2D eigenvalue weighted by molar-refractivity contribution is 6.09. The van der Waals surface area contributed by atoms with Gasteiger partial charge in [0, 0.05) is 11.1 Å². The first-order valence-corrected chi connectivity index (χ1v) is 6.07. The van der Waals surface area contributed by atoms with Crippen molar-refractivity contribution in [3.8, 4) is 0 Å². The second-order valence-corrected chi connectivity index (χ2v) is 4.35. The summed E-state index contributed by atoms with van der Waals surface area (Å²) in [5.41, 5.74) is 8.17. The van der Waals surface area contributed by atoms with Gasteiger partial charge in [0.1, 0.15) is 0 Å². The fourth-order valence-corrected chi connectivity index (χ4v) is 1.77.